The molecule has 1 aromatic heterocycles. The number of nitriles is 1. The van der Waals surface area contributed by atoms with Crippen molar-refractivity contribution in [1.29, 1.82) is 5.26 Å². The Bertz CT molecular complexity index is 1340. The number of hydrogen-bond acceptors (Lipinski definition) is 13. The van der Waals surface area contributed by atoms with Gasteiger partial charge in [0.15, 0.2) is 10.8 Å². The van der Waals surface area contributed by atoms with Crippen LogP contribution in [0.1, 0.15) is 31.5 Å². The van der Waals surface area contributed by atoms with Gasteiger partial charge in [-0.15, -0.1) is 22.9 Å². The summed E-state index contributed by atoms with van der Waals surface area (Å²) in [6.07, 6.45) is -1.09. The maximum absolute atomic E-state index is 13.2. The van der Waals surface area contributed by atoms with Crippen molar-refractivity contribution >= 4 is 57.3 Å². The molecule has 1 fully saturated rings. The zero-order valence-corrected chi connectivity index (χ0v) is 22.7. The molecule has 1 saturated heterocycles. The van der Waals surface area contributed by atoms with Crippen LogP contribution in [0.15, 0.2) is 34.8 Å². The number of amides is 2. The van der Waals surface area contributed by atoms with E-state index >= 15 is 0 Å². The summed E-state index contributed by atoms with van der Waals surface area (Å²) in [4.78, 5) is 57.3. The van der Waals surface area contributed by atoms with Crippen LogP contribution in [0.4, 0.5) is 10.8 Å². The van der Waals surface area contributed by atoms with Crippen LogP contribution in [-0.2, 0) is 30.6 Å². The number of halogens is 1. The van der Waals surface area contributed by atoms with E-state index in [4.69, 9.17) is 26.4 Å². The van der Waals surface area contributed by atoms with Gasteiger partial charge in [-0.1, -0.05) is 5.16 Å². The zero-order valence-electron chi connectivity index (χ0n) is 21.1. The van der Waals surface area contributed by atoms with Gasteiger partial charge in [-0.25, -0.2) is 9.78 Å². The Morgan fingerprint density at radius 2 is 2.05 bits per heavy atom. The fraction of sp³-hybridized carbons (Fsp3) is 0.391. The first kappa shape index (κ1) is 30.4. The summed E-state index contributed by atoms with van der Waals surface area (Å²) in [5.74, 6) is -2.52. The van der Waals surface area contributed by atoms with Crippen LogP contribution in [0.3, 0.4) is 0 Å². The first-order valence-electron chi connectivity index (χ1n) is 11.6. The quantitative estimate of drug-likeness (QED) is 0.0899. The summed E-state index contributed by atoms with van der Waals surface area (Å²) in [6.45, 7) is 2.49. The molecule has 3 unspecified atom stereocenters. The first-order valence-corrected chi connectivity index (χ1v) is 13.0. The van der Waals surface area contributed by atoms with Gasteiger partial charge in [-0.3, -0.25) is 25.0 Å². The van der Waals surface area contributed by atoms with Crippen molar-refractivity contribution in [3.05, 3.63) is 51.0 Å². The molecule has 1 aromatic carbocycles. The number of esters is 1. The predicted octanol–water partition coefficient (Wildman–Crippen LogP) is 1.16. The minimum atomic E-state index is -1.70. The van der Waals surface area contributed by atoms with Gasteiger partial charge in [0.25, 0.3) is 11.6 Å². The lowest BCUT2D eigenvalue weighted by molar-refractivity contribution is -0.384. The van der Waals surface area contributed by atoms with Crippen LogP contribution in [0.25, 0.3) is 0 Å². The number of carbonyl (C=O) groups is 3. The molecule has 2 amide bonds. The molecular formula is C23H24ClN7O8S. The third-order valence-electron chi connectivity index (χ3n) is 5.47. The number of oxime groups is 1. The normalized spacial score (nSPS) is 18.6. The molecule has 0 saturated carbocycles. The van der Waals surface area contributed by atoms with Crippen molar-refractivity contribution in [2.45, 2.75) is 50.8 Å². The van der Waals surface area contributed by atoms with Gasteiger partial charge in [-0.05, 0) is 31.5 Å². The second kappa shape index (κ2) is 13.3. The largest absolute Gasteiger partial charge is 0.458 e. The number of thiazole rings is 1. The summed E-state index contributed by atoms with van der Waals surface area (Å²) < 4.78 is 5.25. The van der Waals surface area contributed by atoms with E-state index < -0.39 is 46.6 Å². The molecule has 3 rings (SSSR count). The maximum atomic E-state index is 13.2. The van der Waals surface area contributed by atoms with Crippen LogP contribution in [-0.4, -0.2) is 68.3 Å². The number of nitro groups is 1. The average Bonchev–Trinajstić information content (AvgIpc) is 3.38. The molecule has 15 nitrogen and oxygen atoms in total. The van der Waals surface area contributed by atoms with E-state index in [1.807, 2.05) is 6.07 Å². The molecule has 0 bridgehead atoms. The topological polar surface area (TPSA) is 218 Å². The second-order valence-corrected chi connectivity index (χ2v) is 9.97. The third-order valence-corrected chi connectivity index (χ3v) is 6.47. The molecule has 4 N–H and O–H groups in total. The molecule has 0 spiro atoms. The fourth-order valence-corrected chi connectivity index (χ4v) is 4.02. The van der Waals surface area contributed by atoms with Gasteiger partial charge in [0.05, 0.1) is 23.5 Å². The van der Waals surface area contributed by atoms with E-state index in [9.17, 15) is 29.6 Å². The Hall–Kier alpha value is -4.17. The smallest absolute Gasteiger partial charge is 0.353 e. The van der Waals surface area contributed by atoms with E-state index in [-0.39, 0.29) is 41.1 Å². The van der Waals surface area contributed by atoms with Crippen LogP contribution in [0.5, 0.6) is 0 Å². The van der Waals surface area contributed by atoms with Crippen LogP contribution in [0, 0.1) is 21.4 Å². The maximum Gasteiger partial charge on any atom is 0.353 e. The minimum absolute atomic E-state index is 0.0129. The van der Waals surface area contributed by atoms with Crippen LogP contribution in [0.2, 0.25) is 0 Å². The average molecular weight is 594 g/mol. The lowest BCUT2D eigenvalue weighted by Crippen LogP contribution is -2.72. The molecule has 40 heavy (non-hydrogen) atoms. The Morgan fingerprint density at radius 1 is 1.35 bits per heavy atom. The van der Waals surface area contributed by atoms with Gasteiger partial charge in [0.1, 0.15) is 24.4 Å². The number of anilines is 1. The lowest BCUT2D eigenvalue weighted by Gasteiger charge is -2.42. The number of non-ortho nitro benzene ring substituents is 1. The highest BCUT2D eigenvalue weighted by atomic mass is 35.5. The molecule has 3 atom stereocenters. The van der Waals surface area contributed by atoms with E-state index in [2.05, 4.69) is 26.1 Å². The zero-order chi connectivity index (χ0) is 29.4. The molecule has 2 heterocycles. The summed E-state index contributed by atoms with van der Waals surface area (Å²) >= 11 is 6.48. The van der Waals surface area contributed by atoms with Gasteiger partial charge in [0.2, 0.25) is 11.5 Å². The summed E-state index contributed by atoms with van der Waals surface area (Å²) in [7, 11) is 0. The highest BCUT2D eigenvalue weighted by Crippen LogP contribution is 2.20. The number of ether oxygens (including phenoxy) is 1. The standard InChI is InChI=1S/C23H24ClN7O8S/c1-23(2,21(35)38-10-12-3-5-13(6-4-12)31(36)37)39-30-18(15-11-40-22(27-15)28-16(32)9-24)20(34)29-17-14(7-8-25)26-19(17)33/h3-6,11,14,17,19,26,33H,7,9-10H2,1-2H3,(H,29,34)(H,27,28,32). The van der Waals surface area contributed by atoms with E-state index in [1.54, 1.807) is 0 Å². The van der Waals surface area contributed by atoms with Crippen molar-refractivity contribution in [2.24, 2.45) is 5.16 Å². The Balaban J connectivity index is 1.76. The highest BCUT2D eigenvalue weighted by molar-refractivity contribution is 7.14. The number of benzene rings is 1. The SMILES string of the molecule is CC(C)(ON=C(C(=O)NC1C(O)NC1CC#N)c1csc(NC(=O)CCl)n1)C(=O)OCc1ccc([N+](=O)[O-])cc1. The number of nitrogens with zero attached hydrogens (tertiary/aromatic N) is 4. The Kier molecular flexibility index (Phi) is 10.1. The Morgan fingerprint density at radius 3 is 2.65 bits per heavy atom. The number of nitro benzene ring substituents is 1. The van der Waals surface area contributed by atoms with Crippen LogP contribution < -0.4 is 16.0 Å². The van der Waals surface area contributed by atoms with E-state index in [0.29, 0.717) is 5.56 Å². The highest BCUT2D eigenvalue weighted by Gasteiger charge is 2.41. The summed E-state index contributed by atoms with van der Waals surface area (Å²) in [6, 6.07) is 6.04. The number of hydrogen-bond donors (Lipinski definition) is 4. The van der Waals surface area contributed by atoms with Crippen molar-refractivity contribution in [3.8, 4) is 6.07 Å². The van der Waals surface area contributed by atoms with Gasteiger partial charge in [0, 0.05) is 23.6 Å². The van der Waals surface area contributed by atoms with Gasteiger partial charge in [-0.2, -0.15) is 5.26 Å². The number of nitrogens with one attached hydrogen (secondary N) is 3. The molecule has 2 aromatic rings. The van der Waals surface area contributed by atoms with Gasteiger partial charge < -0.3 is 25.3 Å². The minimum Gasteiger partial charge on any atom is -0.458 e. The molecule has 0 radical (unpaired) electrons. The number of carbonyl (C=O) groups excluding carboxylic acids is 3. The molecule has 0 aliphatic carbocycles. The lowest BCUT2D eigenvalue weighted by atomic mass is 9.95. The van der Waals surface area contributed by atoms with Crippen LogP contribution >= 0.6 is 22.9 Å². The molecular weight excluding hydrogens is 570 g/mol. The molecule has 1 aliphatic rings. The molecule has 1 aliphatic heterocycles. The van der Waals surface area contributed by atoms with Crippen molar-refractivity contribution in [2.75, 3.05) is 11.2 Å². The third kappa shape index (κ3) is 7.70. The fourth-order valence-electron chi connectivity index (χ4n) is 3.24. The number of alkyl halides is 1. The summed E-state index contributed by atoms with van der Waals surface area (Å²) in [5.41, 5.74) is -1.71. The van der Waals surface area contributed by atoms with Crippen molar-refractivity contribution < 1.29 is 34.0 Å². The number of rotatable bonds is 12. The predicted molar refractivity (Wildman–Crippen MR) is 141 cm³/mol. The summed E-state index contributed by atoms with van der Waals surface area (Å²) in [5, 5.41) is 42.8. The second-order valence-electron chi connectivity index (χ2n) is 8.84. The van der Waals surface area contributed by atoms with Gasteiger partial charge >= 0.3 is 5.97 Å². The van der Waals surface area contributed by atoms with E-state index in [1.165, 1.54) is 43.5 Å². The molecule has 212 valence electrons. The monoisotopic (exact) mass is 593 g/mol. The van der Waals surface area contributed by atoms with Crippen molar-refractivity contribution in [3.63, 3.8) is 0 Å². The first-order chi connectivity index (χ1) is 18.9. The number of aliphatic hydroxyl groups excluding tert-OH is 1. The van der Waals surface area contributed by atoms with E-state index in [0.717, 1.165) is 11.3 Å². The molecule has 17 heteroatoms. The van der Waals surface area contributed by atoms with Crippen molar-refractivity contribution in [1.82, 2.24) is 15.6 Å². The number of aromatic nitrogens is 1. The Labute approximate surface area is 236 Å². The number of aliphatic hydroxyl groups is 1.